The van der Waals surface area contributed by atoms with Crippen LogP contribution in [0.3, 0.4) is 0 Å². The van der Waals surface area contributed by atoms with E-state index in [1.807, 2.05) is 7.05 Å². The molecular weight excluding hydrogens is 232 g/mol. The van der Waals surface area contributed by atoms with E-state index in [9.17, 15) is 0 Å². The molecule has 1 aromatic carbocycles. The molecule has 1 aromatic rings. The SMILES string of the molecule is CNCCCCN(C)CCc1cc(C)c(C)cc1C. The number of unbranched alkanes of at least 4 members (excludes halogenated alkanes) is 1. The lowest BCUT2D eigenvalue weighted by atomic mass is 9.99. The molecule has 0 saturated heterocycles. The van der Waals surface area contributed by atoms with Gasteiger partial charge in [-0.05, 0) is 89.5 Å². The van der Waals surface area contributed by atoms with E-state index in [1.165, 1.54) is 41.6 Å². The van der Waals surface area contributed by atoms with Crippen molar-refractivity contribution in [1.29, 1.82) is 0 Å². The molecule has 0 unspecified atom stereocenters. The smallest absolute Gasteiger partial charge is 0.00189 e. The third kappa shape index (κ3) is 5.75. The first-order chi connectivity index (χ1) is 9.04. The molecule has 0 amide bonds. The minimum absolute atomic E-state index is 1.13. The molecule has 0 aliphatic heterocycles. The van der Waals surface area contributed by atoms with E-state index in [0.717, 1.165) is 19.5 Å². The second-order valence-corrected chi connectivity index (χ2v) is 5.73. The summed E-state index contributed by atoms with van der Waals surface area (Å²) in [5.41, 5.74) is 5.76. The molecule has 0 aromatic heterocycles. The number of likely N-dealkylation sites (N-methyl/N-ethyl adjacent to an activating group) is 1. The summed E-state index contributed by atoms with van der Waals surface area (Å²) in [5, 5.41) is 3.20. The molecule has 0 fully saturated rings. The van der Waals surface area contributed by atoms with E-state index >= 15 is 0 Å². The number of hydrogen-bond acceptors (Lipinski definition) is 2. The van der Waals surface area contributed by atoms with Crippen molar-refractivity contribution in [2.75, 3.05) is 33.7 Å². The first kappa shape index (κ1) is 16.2. The van der Waals surface area contributed by atoms with Gasteiger partial charge in [0.15, 0.2) is 0 Å². The van der Waals surface area contributed by atoms with Gasteiger partial charge in [-0.1, -0.05) is 12.1 Å². The third-order valence-electron chi connectivity index (χ3n) is 3.93. The van der Waals surface area contributed by atoms with E-state index in [0.29, 0.717) is 0 Å². The zero-order valence-corrected chi connectivity index (χ0v) is 13.3. The quantitative estimate of drug-likeness (QED) is 0.724. The number of aryl methyl sites for hydroxylation is 3. The van der Waals surface area contributed by atoms with Crippen LogP contribution in [0.25, 0.3) is 0 Å². The van der Waals surface area contributed by atoms with Crippen LogP contribution >= 0.6 is 0 Å². The average molecular weight is 262 g/mol. The molecule has 2 nitrogen and oxygen atoms in total. The molecule has 0 atom stereocenters. The predicted molar refractivity (Wildman–Crippen MR) is 85.0 cm³/mol. The molecule has 0 saturated carbocycles. The number of hydrogen-bond donors (Lipinski definition) is 1. The van der Waals surface area contributed by atoms with Crippen LogP contribution < -0.4 is 5.32 Å². The van der Waals surface area contributed by atoms with Gasteiger partial charge in [0.1, 0.15) is 0 Å². The lowest BCUT2D eigenvalue weighted by molar-refractivity contribution is 0.329. The summed E-state index contributed by atoms with van der Waals surface area (Å²) in [5.74, 6) is 0. The fraction of sp³-hybridized carbons (Fsp3) is 0.647. The summed E-state index contributed by atoms with van der Waals surface area (Å²) < 4.78 is 0. The van der Waals surface area contributed by atoms with E-state index in [4.69, 9.17) is 0 Å². The van der Waals surface area contributed by atoms with Crippen molar-refractivity contribution in [3.05, 3.63) is 34.4 Å². The standard InChI is InChI=1S/C17H30N2/c1-14-12-16(3)17(13-15(14)2)8-11-19(5)10-7-6-9-18-4/h12-13,18H,6-11H2,1-5H3. The highest BCUT2D eigenvalue weighted by Crippen LogP contribution is 2.16. The summed E-state index contributed by atoms with van der Waals surface area (Å²) in [6.07, 6.45) is 3.71. The molecule has 2 heteroatoms. The van der Waals surface area contributed by atoms with Gasteiger partial charge in [-0.2, -0.15) is 0 Å². The third-order valence-corrected chi connectivity index (χ3v) is 3.93. The van der Waals surface area contributed by atoms with Crippen LogP contribution in [0.2, 0.25) is 0 Å². The molecule has 0 radical (unpaired) electrons. The lowest BCUT2D eigenvalue weighted by Crippen LogP contribution is -2.23. The van der Waals surface area contributed by atoms with Gasteiger partial charge < -0.3 is 10.2 Å². The minimum atomic E-state index is 1.13. The highest BCUT2D eigenvalue weighted by molar-refractivity contribution is 5.36. The summed E-state index contributed by atoms with van der Waals surface area (Å²) >= 11 is 0. The number of nitrogens with one attached hydrogen (secondary N) is 1. The molecule has 0 aliphatic rings. The van der Waals surface area contributed by atoms with Crippen molar-refractivity contribution in [3.63, 3.8) is 0 Å². The van der Waals surface area contributed by atoms with E-state index < -0.39 is 0 Å². The fourth-order valence-corrected chi connectivity index (χ4v) is 2.40. The molecule has 0 spiro atoms. The topological polar surface area (TPSA) is 15.3 Å². The second-order valence-electron chi connectivity index (χ2n) is 5.73. The van der Waals surface area contributed by atoms with Crippen molar-refractivity contribution in [2.24, 2.45) is 0 Å². The molecule has 0 bridgehead atoms. The Kier molecular flexibility index (Phi) is 7.11. The Morgan fingerprint density at radius 1 is 0.947 bits per heavy atom. The Bertz CT molecular complexity index is 385. The van der Waals surface area contributed by atoms with Gasteiger partial charge in [-0.3, -0.25) is 0 Å². The summed E-state index contributed by atoms with van der Waals surface area (Å²) in [4.78, 5) is 2.45. The maximum absolute atomic E-state index is 3.20. The predicted octanol–water partition coefficient (Wildman–Crippen LogP) is 3.09. The van der Waals surface area contributed by atoms with Crippen molar-refractivity contribution in [1.82, 2.24) is 10.2 Å². The fourth-order valence-electron chi connectivity index (χ4n) is 2.40. The average Bonchev–Trinajstić information content (AvgIpc) is 2.37. The number of rotatable bonds is 8. The highest BCUT2D eigenvalue weighted by atomic mass is 15.1. The number of benzene rings is 1. The molecule has 108 valence electrons. The van der Waals surface area contributed by atoms with Crippen LogP contribution in [0, 0.1) is 20.8 Å². The Hall–Kier alpha value is -0.860. The first-order valence-corrected chi connectivity index (χ1v) is 7.44. The van der Waals surface area contributed by atoms with Gasteiger partial charge >= 0.3 is 0 Å². The highest BCUT2D eigenvalue weighted by Gasteiger charge is 2.04. The summed E-state index contributed by atoms with van der Waals surface area (Å²) in [7, 11) is 4.25. The van der Waals surface area contributed by atoms with Gasteiger partial charge in [-0.15, -0.1) is 0 Å². The van der Waals surface area contributed by atoms with Gasteiger partial charge in [-0.25, -0.2) is 0 Å². The molecule has 0 aliphatic carbocycles. The molecular formula is C17H30N2. The van der Waals surface area contributed by atoms with Crippen LogP contribution in [0.4, 0.5) is 0 Å². The largest absolute Gasteiger partial charge is 0.320 e. The Morgan fingerprint density at radius 2 is 1.63 bits per heavy atom. The van der Waals surface area contributed by atoms with Crippen LogP contribution in [-0.2, 0) is 6.42 Å². The Labute approximate surface area is 119 Å². The maximum atomic E-state index is 3.20. The van der Waals surface area contributed by atoms with E-state index in [1.54, 1.807) is 0 Å². The minimum Gasteiger partial charge on any atom is -0.320 e. The van der Waals surface area contributed by atoms with Crippen molar-refractivity contribution >= 4 is 0 Å². The van der Waals surface area contributed by atoms with Crippen LogP contribution in [-0.4, -0.2) is 38.6 Å². The summed E-state index contributed by atoms with van der Waals surface area (Å²) in [6, 6.07) is 4.68. The molecule has 1 rings (SSSR count). The number of nitrogens with zero attached hydrogens (tertiary/aromatic N) is 1. The summed E-state index contributed by atoms with van der Waals surface area (Å²) in [6.45, 7) is 10.1. The van der Waals surface area contributed by atoms with Gasteiger partial charge in [0.05, 0.1) is 0 Å². The van der Waals surface area contributed by atoms with Gasteiger partial charge in [0.2, 0.25) is 0 Å². The monoisotopic (exact) mass is 262 g/mol. The molecule has 19 heavy (non-hydrogen) atoms. The van der Waals surface area contributed by atoms with Gasteiger partial charge in [0.25, 0.3) is 0 Å². The Morgan fingerprint density at radius 3 is 2.32 bits per heavy atom. The van der Waals surface area contributed by atoms with Crippen LogP contribution in [0.15, 0.2) is 12.1 Å². The van der Waals surface area contributed by atoms with Crippen molar-refractivity contribution < 1.29 is 0 Å². The van der Waals surface area contributed by atoms with Crippen molar-refractivity contribution in [3.8, 4) is 0 Å². The van der Waals surface area contributed by atoms with Crippen LogP contribution in [0.1, 0.15) is 35.1 Å². The maximum Gasteiger partial charge on any atom is 0.00189 e. The van der Waals surface area contributed by atoms with E-state index in [2.05, 4.69) is 50.2 Å². The lowest BCUT2D eigenvalue weighted by Gasteiger charge is -2.18. The van der Waals surface area contributed by atoms with Gasteiger partial charge in [0, 0.05) is 6.54 Å². The Balaban J connectivity index is 2.37. The molecule has 1 N–H and O–H groups in total. The molecule has 0 heterocycles. The van der Waals surface area contributed by atoms with Crippen LogP contribution in [0.5, 0.6) is 0 Å². The second kappa shape index (κ2) is 8.34. The zero-order valence-electron chi connectivity index (χ0n) is 13.3. The zero-order chi connectivity index (χ0) is 14.3. The van der Waals surface area contributed by atoms with Crippen molar-refractivity contribution in [2.45, 2.75) is 40.0 Å². The first-order valence-electron chi connectivity index (χ1n) is 7.44. The van der Waals surface area contributed by atoms with E-state index in [-0.39, 0.29) is 0 Å². The normalized spacial score (nSPS) is 11.3.